The van der Waals surface area contributed by atoms with Crippen LogP contribution in [0.4, 0.5) is 0 Å². The van der Waals surface area contributed by atoms with E-state index in [0.29, 0.717) is 0 Å². The second kappa shape index (κ2) is 7.84. The summed E-state index contributed by atoms with van der Waals surface area (Å²) < 4.78 is 34.1. The first-order valence-electron chi connectivity index (χ1n) is 0.667. The van der Waals surface area contributed by atoms with Crippen molar-refractivity contribution in [2.45, 2.75) is 0 Å². The predicted molar refractivity (Wildman–Crippen MR) is 11.8 cm³/mol. The topological polar surface area (TPSA) is 137 Å². The number of rotatable bonds is 0. The van der Waals surface area contributed by atoms with Crippen LogP contribution in [0, 0.1) is 31.1 Å². The van der Waals surface area contributed by atoms with Gasteiger partial charge in [0, 0.05) is 41.5 Å². The van der Waals surface area contributed by atoms with E-state index in [-0.39, 0.29) is 42.1 Å². The molecule has 0 rings (SSSR count). The zero-order valence-electron chi connectivity index (χ0n) is 3.36. The summed E-state index contributed by atoms with van der Waals surface area (Å²) in [5.41, 5.74) is 0. The summed E-state index contributed by atoms with van der Waals surface area (Å²) in [4.78, 5) is 0. The molecule has 0 saturated carbocycles. The molecule has 8 heavy (non-hydrogen) atoms. The van der Waals surface area contributed by atoms with Gasteiger partial charge in [-0.3, -0.25) is 8.42 Å². The molecule has 0 spiro atoms. The second-order valence-corrected chi connectivity index (χ2v) is 1.22. The Labute approximate surface area is 69.8 Å². The molecule has 0 fully saturated rings. The van der Waals surface area contributed by atoms with Crippen LogP contribution >= 0.6 is 0 Å². The molecule has 6 nitrogen and oxygen atoms in total. The second-order valence-electron chi connectivity index (χ2n) is 0.408. The molecule has 8 heteroatoms. The Morgan fingerprint density at radius 3 is 1.00 bits per heavy atom. The summed E-state index contributed by atoms with van der Waals surface area (Å²) in [6.45, 7) is 0. The molecule has 0 aromatic heterocycles. The Morgan fingerprint density at radius 1 is 1.00 bits per heavy atom. The first-order chi connectivity index (χ1) is 2.00. The van der Waals surface area contributed by atoms with E-state index in [4.69, 9.17) is 17.5 Å². The summed E-state index contributed by atoms with van der Waals surface area (Å²) in [6, 6.07) is 0. The van der Waals surface area contributed by atoms with Gasteiger partial charge in [-0.05, 0) is 0 Å². The van der Waals surface area contributed by atoms with Crippen LogP contribution in [-0.4, -0.2) is 17.5 Å². The van der Waals surface area contributed by atoms with Crippen LogP contribution in [0.2, 0.25) is 0 Å². The molecule has 0 aliphatic carbocycles. The summed E-state index contributed by atoms with van der Waals surface area (Å²) >= 11 is 0. The Balaban J connectivity index is -0.0000000267. The molecule has 52 valence electrons. The van der Waals surface area contributed by atoms with Crippen molar-refractivity contribution in [1.29, 1.82) is 0 Å². The summed E-state index contributed by atoms with van der Waals surface area (Å²) in [5.74, 6) is 0. The summed E-state index contributed by atoms with van der Waals surface area (Å²) in [6.07, 6.45) is 0. The predicted octanol–water partition coefficient (Wildman–Crippen LogP) is -1.58. The first-order valence-corrected chi connectivity index (χ1v) is 2.00. The molecule has 0 bridgehead atoms. The molecule has 0 saturated heterocycles. The SMILES string of the molecule is O=S(=O)([O-])[O-].[O-2].[O-2].[U]. The molecule has 0 radical (unpaired) electrons. The van der Waals surface area contributed by atoms with Crippen molar-refractivity contribution in [3.05, 3.63) is 0 Å². The minimum atomic E-state index is -5.17. The standard InChI is InChI=1S/H2O4S.2O.U/c1-5(2,3)4;;;/h(H2,1,2,3,4);;;/q;2*-2;/p-2. The van der Waals surface area contributed by atoms with E-state index in [2.05, 4.69) is 0 Å². The van der Waals surface area contributed by atoms with Gasteiger partial charge in [-0.15, -0.1) is 0 Å². The fraction of sp³-hybridized carbons (Fsp3) is 0. The summed E-state index contributed by atoms with van der Waals surface area (Å²) in [7, 11) is -5.17. The molecule has 0 amide bonds. The Bertz CT molecular complexity index is 91.7. The summed E-state index contributed by atoms with van der Waals surface area (Å²) in [5, 5.41) is 0. The Hall–Kier alpha value is 0.842. The molecule has 0 aromatic carbocycles. The monoisotopic (exact) mass is 366 g/mol. The molecule has 0 aliphatic rings. The average molecular weight is 366 g/mol. The maximum absolute atomic E-state index is 8.52. The van der Waals surface area contributed by atoms with Gasteiger partial charge in [-0.2, -0.15) is 0 Å². The van der Waals surface area contributed by atoms with E-state index in [1.165, 1.54) is 0 Å². The average Bonchev–Trinajstić information content (AvgIpc) is 0.722. The van der Waals surface area contributed by atoms with Crippen molar-refractivity contribution in [2.24, 2.45) is 0 Å². The smallest absolute Gasteiger partial charge is 0.0311 e. The van der Waals surface area contributed by atoms with Gasteiger partial charge in [0.25, 0.3) is 0 Å². The maximum Gasteiger partial charge on any atom is 0.0311 e. The molecule has 0 aromatic rings. The molecular formula is O6SU-6. The Kier molecular flexibility index (Phi) is 22.7. The molecule has 0 unspecified atom stereocenters. The van der Waals surface area contributed by atoms with Gasteiger partial charge in [0.2, 0.25) is 0 Å². The third-order valence-electron chi connectivity index (χ3n) is 0. The van der Waals surface area contributed by atoms with Crippen LogP contribution in [0.25, 0.3) is 0 Å². The zero-order valence-corrected chi connectivity index (χ0v) is 8.34. The van der Waals surface area contributed by atoms with Crippen molar-refractivity contribution >= 4 is 10.4 Å². The maximum atomic E-state index is 8.52. The third-order valence-corrected chi connectivity index (χ3v) is 0. The fourth-order valence-electron chi connectivity index (χ4n) is 0. The van der Waals surface area contributed by atoms with Gasteiger partial charge in [0.15, 0.2) is 0 Å². The van der Waals surface area contributed by atoms with E-state index in [0.717, 1.165) is 0 Å². The van der Waals surface area contributed by atoms with Crippen molar-refractivity contribution in [1.82, 2.24) is 0 Å². The number of hydrogen-bond acceptors (Lipinski definition) is 4. The third kappa shape index (κ3) is 329. The molecule has 0 atom stereocenters. The quantitative estimate of drug-likeness (QED) is 0.377. The van der Waals surface area contributed by atoms with Gasteiger partial charge in [-0.25, -0.2) is 0 Å². The van der Waals surface area contributed by atoms with E-state index >= 15 is 0 Å². The molecule has 0 N–H and O–H groups in total. The molecular weight excluding hydrogens is 366 g/mol. The van der Waals surface area contributed by atoms with E-state index in [1.807, 2.05) is 0 Å². The van der Waals surface area contributed by atoms with Crippen LogP contribution < -0.4 is 0 Å². The molecule has 0 aliphatic heterocycles. The normalized spacial score (nSPS) is 7.25. The van der Waals surface area contributed by atoms with E-state index in [1.54, 1.807) is 0 Å². The minimum Gasteiger partial charge on any atom is -2.00 e. The fourth-order valence-corrected chi connectivity index (χ4v) is 0. The van der Waals surface area contributed by atoms with Crippen molar-refractivity contribution in [2.75, 3.05) is 0 Å². The van der Waals surface area contributed by atoms with Crippen LogP contribution in [0.5, 0.6) is 0 Å². The minimum absolute atomic E-state index is 0. The van der Waals surface area contributed by atoms with Gasteiger partial charge >= 0.3 is 0 Å². The van der Waals surface area contributed by atoms with Gasteiger partial charge < -0.3 is 20.1 Å². The van der Waals surface area contributed by atoms with Crippen LogP contribution in [0.15, 0.2) is 0 Å². The van der Waals surface area contributed by atoms with Crippen molar-refractivity contribution < 1.29 is 59.6 Å². The first kappa shape index (κ1) is 23.2. The van der Waals surface area contributed by atoms with Crippen molar-refractivity contribution in [3.63, 3.8) is 0 Å². The van der Waals surface area contributed by atoms with Crippen molar-refractivity contribution in [3.8, 4) is 0 Å². The van der Waals surface area contributed by atoms with Crippen LogP contribution in [0.1, 0.15) is 0 Å². The number of hydrogen-bond donors (Lipinski definition) is 0. The molecule has 0 heterocycles. The van der Waals surface area contributed by atoms with Crippen LogP contribution in [0.3, 0.4) is 0 Å². The largest absolute Gasteiger partial charge is 2.00 e. The van der Waals surface area contributed by atoms with Gasteiger partial charge in [0.1, 0.15) is 0 Å². The Morgan fingerprint density at radius 2 is 1.00 bits per heavy atom. The van der Waals surface area contributed by atoms with E-state index in [9.17, 15) is 0 Å². The van der Waals surface area contributed by atoms with Gasteiger partial charge in [-0.1, -0.05) is 0 Å². The van der Waals surface area contributed by atoms with Crippen LogP contribution in [-0.2, 0) is 21.4 Å². The zero-order chi connectivity index (χ0) is 4.50. The van der Waals surface area contributed by atoms with E-state index < -0.39 is 10.4 Å². The van der Waals surface area contributed by atoms with Gasteiger partial charge in [0.05, 0.1) is 0 Å².